The zero-order chi connectivity index (χ0) is 16.8. The van der Waals surface area contributed by atoms with Crippen molar-refractivity contribution in [2.45, 2.75) is 20.3 Å². The first-order valence-corrected chi connectivity index (χ1v) is 9.29. The van der Waals surface area contributed by atoms with Crippen molar-refractivity contribution in [3.05, 3.63) is 18.5 Å². The average molecular weight is 337 g/mol. The lowest BCUT2D eigenvalue weighted by molar-refractivity contribution is -0.124. The highest BCUT2D eigenvalue weighted by Gasteiger charge is 2.41. The van der Waals surface area contributed by atoms with Gasteiger partial charge in [-0.3, -0.25) is 14.6 Å². The normalized spacial score (nSPS) is 25.4. The third-order valence-corrected chi connectivity index (χ3v) is 6.12. The van der Waals surface area contributed by atoms with Crippen LogP contribution in [0, 0.1) is 11.3 Å². The highest BCUT2D eigenvalue weighted by atomic mass is 32.2. The summed E-state index contributed by atoms with van der Waals surface area (Å²) in [6, 6.07) is 1.64. The summed E-state index contributed by atoms with van der Waals surface area (Å²) in [6.07, 6.45) is 3.40. The van der Waals surface area contributed by atoms with E-state index in [1.54, 1.807) is 26.1 Å². The lowest BCUT2D eigenvalue weighted by Crippen LogP contribution is -2.44. The van der Waals surface area contributed by atoms with E-state index in [0.29, 0.717) is 17.8 Å². The topological polar surface area (TPSA) is 96.4 Å². The molecule has 0 saturated carbocycles. The molecule has 2 aliphatic rings. The van der Waals surface area contributed by atoms with Gasteiger partial charge < -0.3 is 10.2 Å². The molecule has 1 saturated heterocycles. The minimum absolute atomic E-state index is 0.0394. The van der Waals surface area contributed by atoms with Crippen LogP contribution in [0.3, 0.4) is 0 Å². The number of carbonyl (C=O) groups is 2. The number of carbonyl (C=O) groups excluding carboxylic acids is 2. The molecule has 7 nitrogen and oxygen atoms in total. The van der Waals surface area contributed by atoms with Gasteiger partial charge in [0.05, 0.1) is 40.4 Å². The first kappa shape index (κ1) is 15.9. The van der Waals surface area contributed by atoms with Crippen molar-refractivity contribution in [1.82, 2.24) is 4.98 Å². The number of rotatable bonds is 1. The number of fused-ring (bicyclic) bond motifs is 1. The van der Waals surface area contributed by atoms with Gasteiger partial charge in [-0.1, -0.05) is 0 Å². The Bertz CT molecular complexity index is 773. The Kier molecular flexibility index (Phi) is 3.66. The predicted octanol–water partition coefficient (Wildman–Crippen LogP) is 0.828. The molecule has 0 bridgehead atoms. The lowest BCUT2D eigenvalue weighted by Gasteiger charge is -2.29. The standard InChI is InChI=1S/C15H19N3O4S/c1-15(2)9-18(13(19)10-4-6-23(21,22)8-10)12-7-16-5-3-11(12)17-14(15)20/h3,5,7,10H,4,6,8-9H2,1-2H3,(H,17,20). The van der Waals surface area contributed by atoms with E-state index in [1.165, 1.54) is 11.1 Å². The van der Waals surface area contributed by atoms with E-state index in [9.17, 15) is 18.0 Å². The van der Waals surface area contributed by atoms with Crippen molar-refractivity contribution in [2.75, 3.05) is 28.3 Å². The van der Waals surface area contributed by atoms with Crippen molar-refractivity contribution in [3.8, 4) is 0 Å². The van der Waals surface area contributed by atoms with E-state index in [1.807, 2.05) is 0 Å². The number of nitrogens with one attached hydrogen (secondary N) is 1. The first-order chi connectivity index (χ1) is 10.7. The van der Waals surface area contributed by atoms with Gasteiger partial charge in [0.2, 0.25) is 11.8 Å². The van der Waals surface area contributed by atoms with Gasteiger partial charge in [0.15, 0.2) is 9.84 Å². The second-order valence-electron chi connectivity index (χ2n) is 6.76. The Labute approximate surface area is 135 Å². The van der Waals surface area contributed by atoms with E-state index >= 15 is 0 Å². The van der Waals surface area contributed by atoms with Crippen LogP contribution in [0.1, 0.15) is 20.3 Å². The molecular formula is C15H19N3O4S. The predicted molar refractivity (Wildman–Crippen MR) is 85.8 cm³/mol. The SMILES string of the molecule is CC1(C)CN(C(=O)C2CCS(=O)(=O)C2)c2cnccc2NC1=O. The molecule has 3 rings (SSSR count). The molecule has 124 valence electrons. The molecule has 2 aliphatic heterocycles. The van der Waals surface area contributed by atoms with E-state index in [-0.39, 0.29) is 29.9 Å². The fraction of sp³-hybridized carbons (Fsp3) is 0.533. The number of hydrogen-bond acceptors (Lipinski definition) is 5. The molecular weight excluding hydrogens is 318 g/mol. The molecule has 1 N–H and O–H groups in total. The zero-order valence-electron chi connectivity index (χ0n) is 13.1. The van der Waals surface area contributed by atoms with Crippen LogP contribution >= 0.6 is 0 Å². The van der Waals surface area contributed by atoms with E-state index in [4.69, 9.17) is 0 Å². The minimum Gasteiger partial charge on any atom is -0.324 e. The molecule has 0 aromatic carbocycles. The van der Waals surface area contributed by atoms with Crippen LogP contribution in [0.4, 0.5) is 11.4 Å². The summed E-state index contributed by atoms with van der Waals surface area (Å²) in [6.45, 7) is 3.70. The highest BCUT2D eigenvalue weighted by Crippen LogP contribution is 2.35. The number of pyridine rings is 1. The molecule has 2 amide bonds. The van der Waals surface area contributed by atoms with E-state index in [2.05, 4.69) is 10.3 Å². The van der Waals surface area contributed by atoms with Crippen molar-refractivity contribution in [3.63, 3.8) is 0 Å². The molecule has 0 radical (unpaired) electrons. The van der Waals surface area contributed by atoms with Crippen LogP contribution in [0.2, 0.25) is 0 Å². The number of anilines is 2. The maximum absolute atomic E-state index is 12.9. The maximum Gasteiger partial charge on any atom is 0.231 e. The van der Waals surface area contributed by atoms with Gasteiger partial charge in [0.25, 0.3) is 0 Å². The van der Waals surface area contributed by atoms with Crippen molar-refractivity contribution >= 4 is 33.0 Å². The molecule has 1 atom stereocenters. The second-order valence-corrected chi connectivity index (χ2v) is 8.98. The number of sulfone groups is 1. The van der Waals surface area contributed by atoms with Gasteiger partial charge in [0, 0.05) is 12.7 Å². The van der Waals surface area contributed by atoms with Crippen LogP contribution in [0.15, 0.2) is 18.5 Å². The molecule has 0 aliphatic carbocycles. The Morgan fingerprint density at radius 1 is 1.43 bits per heavy atom. The highest BCUT2D eigenvalue weighted by molar-refractivity contribution is 7.91. The Hall–Kier alpha value is -1.96. The number of nitrogens with zero attached hydrogens (tertiary/aromatic N) is 2. The van der Waals surface area contributed by atoms with Crippen LogP contribution in [0.25, 0.3) is 0 Å². The molecule has 1 fully saturated rings. The summed E-state index contributed by atoms with van der Waals surface area (Å²) >= 11 is 0. The summed E-state index contributed by atoms with van der Waals surface area (Å²) in [5, 5.41) is 2.81. The van der Waals surface area contributed by atoms with Gasteiger partial charge in [-0.05, 0) is 26.3 Å². The van der Waals surface area contributed by atoms with E-state index < -0.39 is 21.2 Å². The van der Waals surface area contributed by atoms with Crippen molar-refractivity contribution in [2.24, 2.45) is 11.3 Å². The molecule has 23 heavy (non-hydrogen) atoms. The van der Waals surface area contributed by atoms with Gasteiger partial charge >= 0.3 is 0 Å². The molecule has 1 unspecified atom stereocenters. The summed E-state index contributed by atoms with van der Waals surface area (Å²) in [5.41, 5.74) is 0.247. The minimum atomic E-state index is -3.15. The lowest BCUT2D eigenvalue weighted by atomic mass is 9.91. The van der Waals surface area contributed by atoms with Crippen LogP contribution < -0.4 is 10.2 Å². The van der Waals surface area contributed by atoms with E-state index in [0.717, 1.165) is 0 Å². The third kappa shape index (κ3) is 2.95. The average Bonchev–Trinajstić information content (AvgIpc) is 2.80. The Morgan fingerprint density at radius 2 is 2.17 bits per heavy atom. The summed E-state index contributed by atoms with van der Waals surface area (Å²) < 4.78 is 23.3. The molecule has 1 aromatic rings. The number of aromatic nitrogens is 1. The quantitative estimate of drug-likeness (QED) is 0.819. The second kappa shape index (κ2) is 5.30. The molecule has 3 heterocycles. The molecule has 0 spiro atoms. The van der Waals surface area contributed by atoms with Crippen molar-refractivity contribution in [1.29, 1.82) is 0 Å². The Morgan fingerprint density at radius 3 is 2.83 bits per heavy atom. The van der Waals surface area contributed by atoms with Gasteiger partial charge in [-0.2, -0.15) is 0 Å². The fourth-order valence-electron chi connectivity index (χ4n) is 2.96. The van der Waals surface area contributed by atoms with Crippen molar-refractivity contribution < 1.29 is 18.0 Å². The fourth-order valence-corrected chi connectivity index (χ4v) is 4.69. The smallest absolute Gasteiger partial charge is 0.231 e. The van der Waals surface area contributed by atoms with Crippen LogP contribution in [0.5, 0.6) is 0 Å². The summed E-state index contributed by atoms with van der Waals surface area (Å²) in [4.78, 5) is 30.8. The molecule has 8 heteroatoms. The summed E-state index contributed by atoms with van der Waals surface area (Å²) in [7, 11) is -3.15. The maximum atomic E-state index is 12.9. The summed E-state index contributed by atoms with van der Waals surface area (Å²) in [5.74, 6) is -1.08. The monoisotopic (exact) mass is 337 g/mol. The molecule has 1 aromatic heterocycles. The van der Waals surface area contributed by atoms with Gasteiger partial charge in [-0.25, -0.2) is 8.42 Å². The van der Waals surface area contributed by atoms with Gasteiger partial charge in [0.1, 0.15) is 0 Å². The number of amides is 2. The largest absolute Gasteiger partial charge is 0.324 e. The Balaban J connectivity index is 1.99. The number of hydrogen-bond donors (Lipinski definition) is 1. The van der Waals surface area contributed by atoms with Gasteiger partial charge in [-0.15, -0.1) is 0 Å². The van der Waals surface area contributed by atoms with Crippen LogP contribution in [-0.2, 0) is 19.4 Å². The first-order valence-electron chi connectivity index (χ1n) is 7.47. The third-order valence-electron chi connectivity index (χ3n) is 4.35. The zero-order valence-corrected chi connectivity index (χ0v) is 13.9. The van der Waals surface area contributed by atoms with Crippen LogP contribution in [-0.4, -0.2) is 43.3 Å².